The van der Waals surface area contributed by atoms with E-state index in [1.165, 1.54) is 6.07 Å². The minimum absolute atomic E-state index is 0.282. The molecule has 0 aromatic heterocycles. The van der Waals surface area contributed by atoms with Crippen molar-refractivity contribution in [2.24, 2.45) is 0 Å². The van der Waals surface area contributed by atoms with E-state index in [2.05, 4.69) is 20.8 Å². The Morgan fingerprint density at radius 3 is 2.70 bits per heavy atom. The van der Waals surface area contributed by atoms with Crippen LogP contribution in [-0.2, 0) is 0 Å². The molecule has 1 aromatic rings. The van der Waals surface area contributed by atoms with Crippen molar-refractivity contribution in [2.45, 2.75) is 0 Å². The van der Waals surface area contributed by atoms with Crippen molar-refractivity contribution in [2.75, 3.05) is 4.84 Å². The second-order valence-electron chi connectivity index (χ2n) is 1.72. The fraction of sp³-hybridized carbons (Fsp3) is 0. The van der Waals surface area contributed by atoms with E-state index in [1.54, 1.807) is 12.1 Å². The zero-order chi connectivity index (χ0) is 7.56. The Kier molecular flexibility index (Phi) is 2.51. The van der Waals surface area contributed by atoms with Crippen LogP contribution in [-0.4, -0.2) is 0 Å². The first kappa shape index (κ1) is 7.82. The molecule has 4 heteroatoms. The van der Waals surface area contributed by atoms with E-state index < -0.39 is 0 Å². The van der Waals surface area contributed by atoms with Gasteiger partial charge in [-0.1, -0.05) is 15.9 Å². The van der Waals surface area contributed by atoms with Crippen LogP contribution in [0.1, 0.15) is 0 Å². The zero-order valence-corrected chi connectivity index (χ0v) is 7.21. The molecule has 0 amide bonds. The minimum Gasteiger partial charge on any atom is -0.296 e. The normalized spacial score (nSPS) is 9.50. The maximum absolute atomic E-state index is 12.7. The van der Waals surface area contributed by atoms with Crippen molar-refractivity contribution in [1.82, 2.24) is 0 Å². The molecule has 0 aliphatic heterocycles. The lowest BCUT2D eigenvalue weighted by Crippen LogP contribution is -1.84. The maximum atomic E-state index is 12.7. The Morgan fingerprint density at radius 1 is 1.50 bits per heavy atom. The molecule has 0 fully saturated rings. The number of rotatable bonds is 1. The predicted molar refractivity (Wildman–Crippen MR) is 43.6 cm³/mol. The molecule has 0 unspecified atom stereocenters. The van der Waals surface area contributed by atoms with Gasteiger partial charge in [0.25, 0.3) is 0 Å². The van der Waals surface area contributed by atoms with Gasteiger partial charge in [0, 0.05) is 16.2 Å². The second-order valence-corrected chi connectivity index (χ2v) is 2.82. The van der Waals surface area contributed by atoms with Crippen LogP contribution in [0.5, 0.6) is 0 Å². The molecular weight excluding hydrogens is 220 g/mol. The lowest BCUT2D eigenvalue weighted by Gasteiger charge is -1.98. The Morgan fingerprint density at radius 2 is 2.20 bits per heavy atom. The monoisotopic (exact) mass is 223 g/mol. The number of anilines is 1. The van der Waals surface area contributed by atoms with Crippen molar-refractivity contribution >= 4 is 33.4 Å². The van der Waals surface area contributed by atoms with Crippen LogP contribution in [0.4, 0.5) is 10.1 Å². The van der Waals surface area contributed by atoms with E-state index in [4.69, 9.17) is 11.8 Å². The average Bonchev–Trinajstić information content (AvgIpc) is 1.88. The van der Waals surface area contributed by atoms with Gasteiger partial charge in [0.2, 0.25) is 0 Å². The van der Waals surface area contributed by atoms with Crippen LogP contribution in [0.3, 0.4) is 0 Å². The minimum atomic E-state index is -0.371. The van der Waals surface area contributed by atoms with Gasteiger partial charge in [-0.15, -0.1) is 0 Å². The largest absolute Gasteiger partial charge is 0.296 e. The highest BCUT2D eigenvalue weighted by Crippen LogP contribution is 2.19. The van der Waals surface area contributed by atoms with Gasteiger partial charge in [-0.3, -0.25) is 4.84 Å². The molecule has 0 spiro atoms. The molecule has 1 aromatic carbocycles. The molecule has 10 heavy (non-hydrogen) atoms. The summed E-state index contributed by atoms with van der Waals surface area (Å²) in [4.78, 5) is 2.20. The Bertz CT molecular complexity index is 241. The van der Waals surface area contributed by atoms with Gasteiger partial charge in [-0.05, 0) is 18.2 Å². The van der Waals surface area contributed by atoms with Crippen LogP contribution in [0.25, 0.3) is 0 Å². The molecule has 54 valence electrons. The van der Waals surface area contributed by atoms with Gasteiger partial charge in [0.05, 0.1) is 5.69 Å². The molecule has 0 aliphatic carbocycles. The van der Waals surface area contributed by atoms with Crippen LogP contribution in [0, 0.1) is 5.82 Å². The Hall–Kier alpha value is -0.280. The highest BCUT2D eigenvalue weighted by Gasteiger charge is 1.98. The van der Waals surface area contributed by atoms with Crippen molar-refractivity contribution < 1.29 is 4.39 Å². The topological polar surface area (TPSA) is 12.0 Å². The van der Waals surface area contributed by atoms with Crippen molar-refractivity contribution in [3.63, 3.8) is 0 Å². The molecule has 0 heterocycles. The predicted octanol–water partition coefficient (Wildman–Crippen LogP) is 3.15. The van der Waals surface area contributed by atoms with Gasteiger partial charge in [0.1, 0.15) is 5.82 Å². The molecule has 0 saturated carbocycles. The fourth-order valence-corrected chi connectivity index (χ4v) is 1.05. The molecule has 0 saturated heterocycles. The highest BCUT2D eigenvalue weighted by atomic mass is 79.9. The first-order chi connectivity index (χ1) is 4.74. The first-order valence-electron chi connectivity index (χ1n) is 2.55. The van der Waals surface area contributed by atoms with E-state index in [9.17, 15) is 4.39 Å². The highest BCUT2D eigenvalue weighted by molar-refractivity contribution is 9.10. The van der Waals surface area contributed by atoms with Crippen molar-refractivity contribution in [1.29, 1.82) is 0 Å². The number of benzene rings is 1. The van der Waals surface area contributed by atoms with E-state index in [-0.39, 0.29) is 11.5 Å². The maximum Gasteiger partial charge on any atom is 0.148 e. The molecule has 0 bridgehead atoms. The van der Waals surface area contributed by atoms with Gasteiger partial charge < -0.3 is 0 Å². The second kappa shape index (κ2) is 3.21. The lowest BCUT2D eigenvalue weighted by molar-refractivity contribution is 0.631. The van der Waals surface area contributed by atoms with Crippen LogP contribution >= 0.6 is 27.7 Å². The summed E-state index contributed by atoms with van der Waals surface area (Å²) in [7, 11) is 0. The quantitative estimate of drug-likeness (QED) is 0.723. The summed E-state index contributed by atoms with van der Waals surface area (Å²) in [6.07, 6.45) is 0. The number of hydrogen-bond acceptors (Lipinski definition) is 1. The summed E-state index contributed by atoms with van der Waals surface area (Å²) in [5.41, 5.74) is 0.282. The molecule has 1 rings (SSSR count). The third kappa shape index (κ3) is 1.61. The van der Waals surface area contributed by atoms with E-state index in [0.29, 0.717) is 4.47 Å². The third-order valence-electron chi connectivity index (χ3n) is 1.03. The standard InChI is InChI=1S/C6H4BrClFN/c7-4-1-2-6(10-8)5(9)3-4/h1-3,10H. The number of hydrogen-bond donors (Lipinski definition) is 1. The summed E-state index contributed by atoms with van der Waals surface area (Å²) in [5, 5.41) is 0. The van der Waals surface area contributed by atoms with Gasteiger partial charge >= 0.3 is 0 Å². The van der Waals surface area contributed by atoms with Crippen molar-refractivity contribution in [3.8, 4) is 0 Å². The average molecular weight is 224 g/mol. The first-order valence-corrected chi connectivity index (χ1v) is 3.73. The van der Waals surface area contributed by atoms with Gasteiger partial charge in [-0.25, -0.2) is 4.39 Å². The zero-order valence-electron chi connectivity index (χ0n) is 4.87. The van der Waals surface area contributed by atoms with Crippen LogP contribution in [0.2, 0.25) is 0 Å². The van der Waals surface area contributed by atoms with Gasteiger partial charge in [0.15, 0.2) is 0 Å². The molecule has 1 nitrogen and oxygen atoms in total. The van der Waals surface area contributed by atoms with E-state index >= 15 is 0 Å². The summed E-state index contributed by atoms with van der Waals surface area (Å²) in [6, 6.07) is 4.59. The van der Waals surface area contributed by atoms with Crippen molar-refractivity contribution in [3.05, 3.63) is 28.5 Å². The summed E-state index contributed by atoms with van der Waals surface area (Å²) < 4.78 is 13.4. The van der Waals surface area contributed by atoms with Gasteiger partial charge in [-0.2, -0.15) is 0 Å². The number of halogens is 3. The molecule has 1 N–H and O–H groups in total. The molecular formula is C6H4BrClFN. The Labute approximate surface area is 71.4 Å². The van der Waals surface area contributed by atoms with E-state index in [1.807, 2.05) is 0 Å². The summed E-state index contributed by atoms with van der Waals surface area (Å²) in [5.74, 6) is -0.371. The Balaban J connectivity index is 3.07. The molecule has 0 aliphatic rings. The third-order valence-corrected chi connectivity index (χ3v) is 1.73. The van der Waals surface area contributed by atoms with E-state index in [0.717, 1.165) is 0 Å². The summed E-state index contributed by atoms with van der Waals surface area (Å²) in [6.45, 7) is 0. The van der Waals surface area contributed by atoms with Crippen LogP contribution < -0.4 is 4.84 Å². The summed E-state index contributed by atoms with van der Waals surface area (Å²) >= 11 is 8.29. The SMILES string of the molecule is Fc1cc(Br)ccc1NCl. The number of nitrogens with one attached hydrogen (secondary N) is 1. The molecule has 0 radical (unpaired) electrons. The fourth-order valence-electron chi connectivity index (χ4n) is 0.566. The molecule has 0 atom stereocenters. The smallest absolute Gasteiger partial charge is 0.148 e. The lowest BCUT2D eigenvalue weighted by atomic mass is 10.3. The van der Waals surface area contributed by atoms with Crippen LogP contribution in [0.15, 0.2) is 22.7 Å².